The van der Waals surface area contributed by atoms with Crippen molar-refractivity contribution in [1.29, 1.82) is 0 Å². The normalized spacial score (nSPS) is 10.6. The first kappa shape index (κ1) is 13.2. The number of unbranched alkanes of at least 4 members (excludes halogenated alkanes) is 2. The number of rotatable bonds is 6. The highest BCUT2D eigenvalue weighted by atomic mass is 16.3. The van der Waals surface area contributed by atoms with Gasteiger partial charge in [0, 0.05) is 6.42 Å². The Bertz CT molecular complexity index is 389. The Balaban J connectivity index is 2.32. The molecule has 0 fully saturated rings. The molecular weight excluding hydrogens is 216 g/mol. The number of carbonyl (C=O) groups excluding carboxylic acids is 1. The molecule has 2 N–H and O–H groups in total. The SMILES string of the molecule is CCCCCC(=O)N/N=C/c1cccc(O)c1. The highest BCUT2D eigenvalue weighted by Crippen LogP contribution is 2.08. The predicted molar refractivity (Wildman–Crippen MR) is 68.0 cm³/mol. The summed E-state index contributed by atoms with van der Waals surface area (Å²) >= 11 is 0. The Hall–Kier alpha value is -1.84. The van der Waals surface area contributed by atoms with E-state index in [0.29, 0.717) is 6.42 Å². The minimum Gasteiger partial charge on any atom is -0.508 e. The van der Waals surface area contributed by atoms with Gasteiger partial charge in [-0.3, -0.25) is 4.79 Å². The van der Waals surface area contributed by atoms with Crippen molar-refractivity contribution >= 4 is 12.1 Å². The molecule has 1 rings (SSSR count). The lowest BCUT2D eigenvalue weighted by atomic mass is 10.2. The molecule has 17 heavy (non-hydrogen) atoms. The van der Waals surface area contributed by atoms with Crippen molar-refractivity contribution in [2.45, 2.75) is 32.6 Å². The number of hydrogen-bond donors (Lipinski definition) is 2. The number of nitrogens with one attached hydrogen (secondary N) is 1. The van der Waals surface area contributed by atoms with Gasteiger partial charge in [-0.15, -0.1) is 0 Å². The van der Waals surface area contributed by atoms with Gasteiger partial charge in [0.2, 0.25) is 5.91 Å². The molecule has 0 heterocycles. The summed E-state index contributed by atoms with van der Waals surface area (Å²) in [4.78, 5) is 11.3. The third-order valence-corrected chi connectivity index (χ3v) is 2.28. The van der Waals surface area contributed by atoms with Crippen LogP contribution in [0.1, 0.15) is 38.2 Å². The second kappa shape index (κ2) is 7.44. The molecule has 0 spiro atoms. The Morgan fingerprint density at radius 2 is 2.29 bits per heavy atom. The summed E-state index contributed by atoms with van der Waals surface area (Å²) in [6, 6.07) is 6.68. The van der Waals surface area contributed by atoms with Gasteiger partial charge in [0.15, 0.2) is 0 Å². The fraction of sp³-hybridized carbons (Fsp3) is 0.385. The van der Waals surface area contributed by atoms with E-state index in [1.807, 2.05) is 0 Å². The monoisotopic (exact) mass is 234 g/mol. The molecule has 1 amide bonds. The van der Waals surface area contributed by atoms with Crippen molar-refractivity contribution in [3.63, 3.8) is 0 Å². The van der Waals surface area contributed by atoms with Crippen LogP contribution in [0.25, 0.3) is 0 Å². The second-order valence-corrected chi connectivity index (χ2v) is 3.85. The van der Waals surface area contributed by atoms with Crippen molar-refractivity contribution < 1.29 is 9.90 Å². The van der Waals surface area contributed by atoms with Crippen LogP contribution in [0, 0.1) is 0 Å². The summed E-state index contributed by atoms with van der Waals surface area (Å²) in [5, 5.41) is 13.0. The molecule has 1 aromatic rings. The van der Waals surface area contributed by atoms with Gasteiger partial charge in [0.05, 0.1) is 6.21 Å². The van der Waals surface area contributed by atoms with E-state index in [-0.39, 0.29) is 11.7 Å². The van der Waals surface area contributed by atoms with Crippen molar-refractivity contribution in [2.75, 3.05) is 0 Å². The number of amides is 1. The molecule has 0 aliphatic heterocycles. The highest BCUT2D eigenvalue weighted by molar-refractivity contribution is 5.82. The first-order valence-corrected chi connectivity index (χ1v) is 5.83. The molecule has 4 heteroatoms. The molecular formula is C13H18N2O2. The fourth-order valence-electron chi connectivity index (χ4n) is 1.38. The van der Waals surface area contributed by atoms with E-state index in [1.165, 1.54) is 6.21 Å². The topological polar surface area (TPSA) is 61.7 Å². The number of benzene rings is 1. The summed E-state index contributed by atoms with van der Waals surface area (Å²) in [6.45, 7) is 2.10. The van der Waals surface area contributed by atoms with Crippen LogP contribution in [-0.2, 0) is 4.79 Å². The second-order valence-electron chi connectivity index (χ2n) is 3.85. The number of phenolic OH excluding ortho intramolecular Hbond substituents is 1. The maximum Gasteiger partial charge on any atom is 0.240 e. The third kappa shape index (κ3) is 5.70. The Labute approximate surface area is 101 Å². The standard InChI is InChI=1S/C13H18N2O2/c1-2-3-4-8-13(17)15-14-10-11-6-5-7-12(16)9-11/h5-7,9-10,16H,2-4,8H2,1H3,(H,15,17)/b14-10+. The largest absolute Gasteiger partial charge is 0.508 e. The first-order chi connectivity index (χ1) is 8.22. The van der Waals surface area contributed by atoms with Crippen molar-refractivity contribution in [3.05, 3.63) is 29.8 Å². The first-order valence-electron chi connectivity index (χ1n) is 5.83. The molecule has 0 bridgehead atoms. The summed E-state index contributed by atoms with van der Waals surface area (Å²) in [6.07, 6.45) is 5.07. The minimum absolute atomic E-state index is 0.0742. The van der Waals surface area contributed by atoms with Crippen LogP contribution in [0.2, 0.25) is 0 Å². The summed E-state index contributed by atoms with van der Waals surface area (Å²) in [5.74, 6) is 0.109. The molecule has 0 aliphatic rings. The van der Waals surface area contributed by atoms with Gasteiger partial charge in [-0.25, -0.2) is 5.43 Å². The summed E-state index contributed by atoms with van der Waals surface area (Å²) in [7, 11) is 0. The highest BCUT2D eigenvalue weighted by Gasteiger charge is 1.97. The predicted octanol–water partition coefficient (Wildman–Crippen LogP) is 2.42. The lowest BCUT2D eigenvalue weighted by molar-refractivity contribution is -0.121. The van der Waals surface area contributed by atoms with Crippen LogP contribution >= 0.6 is 0 Å². The van der Waals surface area contributed by atoms with Crippen molar-refractivity contribution in [3.8, 4) is 5.75 Å². The zero-order chi connectivity index (χ0) is 12.5. The van der Waals surface area contributed by atoms with Crippen LogP contribution in [0.5, 0.6) is 5.75 Å². The number of aromatic hydroxyl groups is 1. The number of carbonyl (C=O) groups is 1. The molecule has 4 nitrogen and oxygen atoms in total. The van der Waals surface area contributed by atoms with Gasteiger partial charge >= 0.3 is 0 Å². The van der Waals surface area contributed by atoms with Gasteiger partial charge in [-0.2, -0.15) is 5.10 Å². The van der Waals surface area contributed by atoms with E-state index in [9.17, 15) is 9.90 Å². The molecule has 0 atom stereocenters. The van der Waals surface area contributed by atoms with Crippen LogP contribution < -0.4 is 5.43 Å². The molecule has 0 saturated carbocycles. The van der Waals surface area contributed by atoms with Gasteiger partial charge in [-0.1, -0.05) is 31.9 Å². The van der Waals surface area contributed by atoms with E-state index in [0.717, 1.165) is 24.8 Å². The van der Waals surface area contributed by atoms with Gasteiger partial charge in [-0.05, 0) is 24.1 Å². The van der Waals surface area contributed by atoms with Crippen molar-refractivity contribution in [2.24, 2.45) is 5.10 Å². The quantitative estimate of drug-likeness (QED) is 0.451. The lowest BCUT2D eigenvalue weighted by Gasteiger charge is -1.98. The lowest BCUT2D eigenvalue weighted by Crippen LogP contribution is -2.16. The molecule has 0 aliphatic carbocycles. The van der Waals surface area contributed by atoms with Gasteiger partial charge in [0.25, 0.3) is 0 Å². The minimum atomic E-state index is -0.0742. The number of hydrogen-bond acceptors (Lipinski definition) is 3. The van der Waals surface area contributed by atoms with Crippen LogP contribution in [-0.4, -0.2) is 17.2 Å². The van der Waals surface area contributed by atoms with Gasteiger partial charge in [0.1, 0.15) is 5.75 Å². The average Bonchev–Trinajstić information content (AvgIpc) is 2.29. The third-order valence-electron chi connectivity index (χ3n) is 2.28. The van der Waals surface area contributed by atoms with E-state index in [1.54, 1.807) is 24.3 Å². The molecule has 0 unspecified atom stereocenters. The molecule has 0 saturated heterocycles. The van der Waals surface area contributed by atoms with Gasteiger partial charge < -0.3 is 5.11 Å². The summed E-state index contributed by atoms with van der Waals surface area (Å²) in [5.41, 5.74) is 3.21. The number of phenols is 1. The van der Waals surface area contributed by atoms with Crippen LogP contribution in [0.3, 0.4) is 0 Å². The van der Waals surface area contributed by atoms with Crippen molar-refractivity contribution in [1.82, 2.24) is 5.43 Å². The van der Waals surface area contributed by atoms with Crippen LogP contribution in [0.4, 0.5) is 0 Å². The molecule has 0 radical (unpaired) electrons. The number of nitrogens with zero attached hydrogens (tertiary/aromatic N) is 1. The maximum atomic E-state index is 11.3. The molecule has 92 valence electrons. The molecule has 1 aromatic carbocycles. The smallest absolute Gasteiger partial charge is 0.240 e. The van der Waals surface area contributed by atoms with E-state index in [4.69, 9.17) is 0 Å². The fourth-order valence-corrected chi connectivity index (χ4v) is 1.38. The molecule has 0 aromatic heterocycles. The van der Waals surface area contributed by atoms with E-state index in [2.05, 4.69) is 17.5 Å². The van der Waals surface area contributed by atoms with E-state index < -0.39 is 0 Å². The Morgan fingerprint density at radius 3 is 3.00 bits per heavy atom. The van der Waals surface area contributed by atoms with E-state index >= 15 is 0 Å². The Kier molecular flexibility index (Phi) is 5.79. The Morgan fingerprint density at radius 1 is 1.47 bits per heavy atom. The zero-order valence-corrected chi connectivity index (χ0v) is 10.0. The maximum absolute atomic E-state index is 11.3. The number of hydrazone groups is 1. The van der Waals surface area contributed by atoms with Crippen LogP contribution in [0.15, 0.2) is 29.4 Å². The summed E-state index contributed by atoms with van der Waals surface area (Å²) < 4.78 is 0. The zero-order valence-electron chi connectivity index (χ0n) is 10.0. The average molecular weight is 234 g/mol.